The SMILES string of the molecule is Nc1nccnc1C(=O)NC[C@H]1CC2c3ccccc3C1c1ccccc12. The van der Waals surface area contributed by atoms with Crippen LogP contribution in [0.4, 0.5) is 5.82 Å². The molecule has 1 heterocycles. The first-order valence-corrected chi connectivity index (χ1v) is 9.26. The van der Waals surface area contributed by atoms with Gasteiger partial charge in [-0.2, -0.15) is 0 Å². The maximum absolute atomic E-state index is 12.5. The van der Waals surface area contributed by atoms with Crippen LogP contribution < -0.4 is 11.1 Å². The highest BCUT2D eigenvalue weighted by molar-refractivity contribution is 5.96. The van der Waals surface area contributed by atoms with Crippen molar-refractivity contribution in [3.05, 3.63) is 88.9 Å². The van der Waals surface area contributed by atoms with Crippen molar-refractivity contribution in [1.29, 1.82) is 0 Å². The number of hydrogen-bond donors (Lipinski definition) is 2. The van der Waals surface area contributed by atoms with E-state index < -0.39 is 0 Å². The van der Waals surface area contributed by atoms with E-state index >= 15 is 0 Å². The van der Waals surface area contributed by atoms with Gasteiger partial charge in [-0.1, -0.05) is 48.5 Å². The van der Waals surface area contributed by atoms with Crippen molar-refractivity contribution in [3.8, 4) is 0 Å². The molecule has 0 spiro atoms. The summed E-state index contributed by atoms with van der Waals surface area (Å²) < 4.78 is 0. The highest BCUT2D eigenvalue weighted by atomic mass is 16.1. The predicted octanol–water partition coefficient (Wildman–Crippen LogP) is 3.09. The van der Waals surface area contributed by atoms with E-state index in [1.165, 1.54) is 34.6 Å². The number of fused-ring (bicyclic) bond motifs is 1. The molecule has 3 aromatic rings. The van der Waals surface area contributed by atoms with Crippen LogP contribution in [-0.2, 0) is 0 Å². The predicted molar refractivity (Wildman–Crippen MR) is 103 cm³/mol. The maximum atomic E-state index is 12.5. The van der Waals surface area contributed by atoms with Crippen LogP contribution in [0.15, 0.2) is 60.9 Å². The van der Waals surface area contributed by atoms with Gasteiger partial charge in [0.05, 0.1) is 0 Å². The summed E-state index contributed by atoms with van der Waals surface area (Å²) in [5.41, 5.74) is 11.6. The number of amides is 1. The van der Waals surface area contributed by atoms with Crippen molar-refractivity contribution in [3.63, 3.8) is 0 Å². The van der Waals surface area contributed by atoms with E-state index in [0.717, 1.165) is 6.42 Å². The third-order valence-electron chi connectivity index (χ3n) is 5.89. The second-order valence-electron chi connectivity index (χ2n) is 7.28. The minimum atomic E-state index is -0.261. The number of carbonyl (C=O) groups is 1. The number of nitrogens with one attached hydrogen (secondary N) is 1. The number of hydrogen-bond acceptors (Lipinski definition) is 4. The second-order valence-corrected chi connectivity index (χ2v) is 7.28. The molecule has 27 heavy (non-hydrogen) atoms. The fraction of sp³-hybridized carbons (Fsp3) is 0.227. The molecule has 6 rings (SSSR count). The third-order valence-corrected chi connectivity index (χ3v) is 5.89. The molecule has 1 amide bonds. The Morgan fingerprint density at radius 2 is 1.56 bits per heavy atom. The Morgan fingerprint density at radius 3 is 2.19 bits per heavy atom. The molecule has 3 N–H and O–H groups in total. The summed E-state index contributed by atoms with van der Waals surface area (Å²) in [6, 6.07) is 17.4. The summed E-state index contributed by atoms with van der Waals surface area (Å²) in [6.07, 6.45) is 4.01. The van der Waals surface area contributed by atoms with E-state index in [1.807, 2.05) is 0 Å². The zero-order valence-corrected chi connectivity index (χ0v) is 14.8. The zero-order chi connectivity index (χ0) is 18.4. The van der Waals surface area contributed by atoms with E-state index in [-0.39, 0.29) is 17.4 Å². The Hall–Kier alpha value is -3.21. The monoisotopic (exact) mass is 356 g/mol. The van der Waals surface area contributed by atoms with E-state index in [2.05, 4.69) is 63.8 Å². The molecule has 1 aromatic heterocycles. The molecule has 2 bridgehead atoms. The highest BCUT2D eigenvalue weighted by Crippen LogP contribution is 2.55. The Morgan fingerprint density at radius 1 is 0.963 bits per heavy atom. The lowest BCUT2D eigenvalue weighted by Crippen LogP contribution is -2.39. The fourth-order valence-corrected chi connectivity index (χ4v) is 4.79. The van der Waals surface area contributed by atoms with E-state index in [4.69, 9.17) is 5.73 Å². The number of anilines is 1. The van der Waals surface area contributed by atoms with Crippen LogP contribution in [0, 0.1) is 5.92 Å². The quantitative estimate of drug-likeness (QED) is 0.756. The normalized spacial score (nSPS) is 22.0. The smallest absolute Gasteiger partial charge is 0.273 e. The summed E-state index contributed by atoms with van der Waals surface area (Å²) in [5.74, 6) is 0.953. The van der Waals surface area contributed by atoms with E-state index in [9.17, 15) is 4.79 Å². The molecule has 0 unspecified atom stereocenters. The summed E-state index contributed by atoms with van der Waals surface area (Å²) in [4.78, 5) is 20.5. The molecular weight excluding hydrogens is 336 g/mol. The fourth-order valence-electron chi connectivity index (χ4n) is 4.79. The number of aromatic nitrogens is 2. The molecule has 0 saturated carbocycles. The molecule has 0 aliphatic heterocycles. The molecule has 2 aromatic carbocycles. The largest absolute Gasteiger partial charge is 0.382 e. The van der Waals surface area contributed by atoms with Gasteiger partial charge in [-0.3, -0.25) is 4.79 Å². The van der Waals surface area contributed by atoms with Crippen molar-refractivity contribution < 1.29 is 4.79 Å². The van der Waals surface area contributed by atoms with Crippen molar-refractivity contribution in [2.45, 2.75) is 18.3 Å². The number of nitrogens with two attached hydrogens (primary N) is 1. The molecule has 134 valence electrons. The van der Waals surface area contributed by atoms with Crippen LogP contribution in [0.3, 0.4) is 0 Å². The second kappa shape index (κ2) is 6.20. The third kappa shape index (κ3) is 2.50. The summed E-state index contributed by atoms with van der Waals surface area (Å²) in [7, 11) is 0. The molecule has 3 aliphatic carbocycles. The molecule has 0 fully saturated rings. The number of carbonyl (C=O) groups excluding carboxylic acids is 1. The van der Waals surface area contributed by atoms with Gasteiger partial charge in [0.1, 0.15) is 0 Å². The first-order valence-electron chi connectivity index (χ1n) is 9.26. The van der Waals surface area contributed by atoms with Crippen molar-refractivity contribution in [1.82, 2.24) is 15.3 Å². The minimum absolute atomic E-state index is 0.163. The molecule has 0 radical (unpaired) electrons. The van der Waals surface area contributed by atoms with Gasteiger partial charge in [-0.25, -0.2) is 9.97 Å². The van der Waals surface area contributed by atoms with Gasteiger partial charge < -0.3 is 11.1 Å². The van der Waals surface area contributed by atoms with Crippen LogP contribution >= 0.6 is 0 Å². The van der Waals surface area contributed by atoms with Crippen molar-refractivity contribution >= 4 is 11.7 Å². The maximum Gasteiger partial charge on any atom is 0.273 e. The number of benzene rings is 2. The van der Waals surface area contributed by atoms with E-state index in [0.29, 0.717) is 24.3 Å². The average Bonchev–Trinajstić information content (AvgIpc) is 2.72. The van der Waals surface area contributed by atoms with Crippen LogP contribution in [0.25, 0.3) is 0 Å². The van der Waals surface area contributed by atoms with Crippen LogP contribution in [-0.4, -0.2) is 22.4 Å². The van der Waals surface area contributed by atoms with Crippen LogP contribution in [0.1, 0.15) is 51.0 Å². The van der Waals surface area contributed by atoms with Crippen LogP contribution in [0.2, 0.25) is 0 Å². The van der Waals surface area contributed by atoms with Gasteiger partial charge >= 0.3 is 0 Å². The molecule has 1 atom stereocenters. The standard InChI is InChI=1S/C22H20N4O/c23-21-20(24-9-10-25-21)22(27)26-12-13-11-18-14-5-1-3-7-16(14)19(13)17-8-4-2-6-15(17)18/h1-10,13,18-19H,11-12H2,(H2,23,25)(H,26,27)/t13-,18?,19?/m1/s1. The Bertz CT molecular complexity index is 985. The first-order chi connectivity index (χ1) is 13.2. The lowest BCUT2D eigenvalue weighted by molar-refractivity contribution is 0.0938. The van der Waals surface area contributed by atoms with Gasteiger partial charge in [0.2, 0.25) is 0 Å². The Kier molecular flexibility index (Phi) is 3.67. The lowest BCUT2D eigenvalue weighted by atomic mass is 9.59. The first kappa shape index (κ1) is 16.0. The zero-order valence-electron chi connectivity index (χ0n) is 14.8. The molecule has 5 heteroatoms. The molecule has 3 aliphatic rings. The van der Waals surface area contributed by atoms with Crippen molar-refractivity contribution in [2.24, 2.45) is 5.92 Å². The summed E-state index contributed by atoms with van der Waals surface area (Å²) >= 11 is 0. The number of nitrogen functional groups attached to an aromatic ring is 1. The molecule has 5 nitrogen and oxygen atoms in total. The Labute approximate surface area is 157 Å². The van der Waals surface area contributed by atoms with Gasteiger partial charge in [0.25, 0.3) is 5.91 Å². The summed E-state index contributed by atoms with van der Waals surface area (Å²) in [6.45, 7) is 0.596. The number of rotatable bonds is 3. The van der Waals surface area contributed by atoms with Gasteiger partial charge in [0, 0.05) is 30.8 Å². The lowest BCUT2D eigenvalue weighted by Gasteiger charge is -2.45. The average molecular weight is 356 g/mol. The highest BCUT2D eigenvalue weighted by Gasteiger charge is 2.42. The molecule has 0 saturated heterocycles. The van der Waals surface area contributed by atoms with E-state index in [1.54, 1.807) is 0 Å². The summed E-state index contributed by atoms with van der Waals surface area (Å²) in [5, 5.41) is 3.03. The number of nitrogens with zero attached hydrogens (tertiary/aromatic N) is 2. The van der Waals surface area contributed by atoms with Gasteiger partial charge in [-0.15, -0.1) is 0 Å². The van der Waals surface area contributed by atoms with Crippen molar-refractivity contribution in [2.75, 3.05) is 12.3 Å². The van der Waals surface area contributed by atoms with Gasteiger partial charge in [-0.05, 0) is 34.6 Å². The molecular formula is C22H20N4O. The topological polar surface area (TPSA) is 80.9 Å². The minimum Gasteiger partial charge on any atom is -0.382 e. The Balaban J connectivity index is 1.44. The van der Waals surface area contributed by atoms with Crippen LogP contribution in [0.5, 0.6) is 0 Å². The van der Waals surface area contributed by atoms with Gasteiger partial charge in [0.15, 0.2) is 11.5 Å².